The van der Waals surface area contributed by atoms with E-state index in [1.807, 2.05) is 24.0 Å². The second-order valence-electron chi connectivity index (χ2n) is 18.0. The maximum atomic E-state index is 10.4. The third kappa shape index (κ3) is 13.4. The van der Waals surface area contributed by atoms with E-state index in [-0.39, 0.29) is 0 Å². The van der Waals surface area contributed by atoms with Crippen LogP contribution in [0, 0.1) is 0 Å². The average Bonchev–Trinajstić information content (AvgIpc) is 3.98. The second-order valence-corrected chi connectivity index (χ2v) is 21.6. The summed E-state index contributed by atoms with van der Waals surface area (Å²) in [7, 11) is 0.229. The van der Waals surface area contributed by atoms with Gasteiger partial charge < -0.3 is 18.6 Å². The van der Waals surface area contributed by atoms with Gasteiger partial charge in [-0.3, -0.25) is 9.59 Å². The van der Waals surface area contributed by atoms with Gasteiger partial charge in [0.1, 0.15) is 36.8 Å². The molecule has 0 spiro atoms. The van der Waals surface area contributed by atoms with Gasteiger partial charge in [0.05, 0.1) is 19.4 Å². The fourth-order valence-corrected chi connectivity index (χ4v) is 13.9. The first-order chi connectivity index (χ1) is 35.6. The van der Waals surface area contributed by atoms with E-state index in [4.69, 9.17) is 9.47 Å². The highest BCUT2D eigenvalue weighted by atomic mass is 31.2. The molecular formula is C63H66N4O4P+3. The fraction of sp³-hybridized carbons (Fsp3) is 0.206. The van der Waals surface area contributed by atoms with E-state index in [1.54, 1.807) is 0 Å². The largest absolute Gasteiger partial charge is 0.468 e. The third-order valence-corrected chi connectivity index (χ3v) is 17.7. The summed E-state index contributed by atoms with van der Waals surface area (Å²) >= 11 is 0. The van der Waals surface area contributed by atoms with Gasteiger partial charge in [0.25, 0.3) is 12.9 Å². The van der Waals surface area contributed by atoms with Crippen LogP contribution in [0.3, 0.4) is 0 Å². The van der Waals surface area contributed by atoms with E-state index >= 15 is 0 Å². The number of nitrogens with zero attached hydrogens (tertiary/aromatic N) is 4. The summed E-state index contributed by atoms with van der Waals surface area (Å²) in [5.74, 6) is 0. The number of pyridine rings is 2. The zero-order valence-electron chi connectivity index (χ0n) is 41.4. The molecule has 0 bridgehead atoms. The van der Waals surface area contributed by atoms with E-state index < -0.39 is 7.26 Å². The van der Waals surface area contributed by atoms with Crippen molar-refractivity contribution in [3.63, 3.8) is 0 Å². The minimum absolute atomic E-state index is 0.473. The second kappa shape index (κ2) is 26.5. The van der Waals surface area contributed by atoms with Gasteiger partial charge >= 0.3 is 0 Å². The standard InChI is InChI=1S/C42H43N2O2P.C21H23N2O2/c45-35-46-32-14-12-29-44-34-37(41-22-10-11-23-42(41)44)25-24-36-26-30-43(31-27-36)28-13-15-33-47(38-16-4-1-5-17-38,39-18-6-2-7-19-39)40-20-8-3-9-21-40;1-22-13-10-18(11-14-22)8-9-19-16-23(12-4-5-15-25-17-24)21-7-3-2-6-20(19)21/h1-11,16-27,30-31,34-35H,12-15,28-29,32-33H2;2-3,6-11,13-14,16-17H,4-5,12,15H2,1H3/q+2;+1. The van der Waals surface area contributed by atoms with Crippen molar-refractivity contribution in [3.05, 3.63) is 223 Å². The maximum absolute atomic E-state index is 10.4. The van der Waals surface area contributed by atoms with Crippen molar-refractivity contribution < 1.29 is 28.2 Å². The molecule has 5 aromatic carbocycles. The minimum atomic E-state index is -1.79. The molecule has 0 N–H and O–H groups in total. The molecule has 0 aliphatic carbocycles. The molecule has 0 saturated heterocycles. The van der Waals surface area contributed by atoms with Crippen molar-refractivity contribution in [2.75, 3.05) is 19.4 Å². The summed E-state index contributed by atoms with van der Waals surface area (Å²) in [6, 6.07) is 59.1. The Kier molecular flexibility index (Phi) is 18.7. The number of hydrogen-bond donors (Lipinski definition) is 0. The van der Waals surface area contributed by atoms with Crippen LogP contribution in [-0.4, -0.2) is 41.5 Å². The molecule has 9 rings (SSSR count). The summed E-state index contributed by atoms with van der Waals surface area (Å²) < 4.78 is 18.5. The number of hydrogen-bond acceptors (Lipinski definition) is 4. The first kappa shape index (κ1) is 50.7. The highest BCUT2D eigenvalue weighted by Gasteiger charge is 2.44. The van der Waals surface area contributed by atoms with Gasteiger partial charge in [-0.2, -0.15) is 0 Å². The number of carbonyl (C=O) groups excluding carboxylic acids is 2. The lowest BCUT2D eigenvalue weighted by Gasteiger charge is -2.27. The Bertz CT molecular complexity index is 3030. The van der Waals surface area contributed by atoms with Crippen molar-refractivity contribution in [1.29, 1.82) is 0 Å². The molecule has 0 saturated carbocycles. The van der Waals surface area contributed by atoms with Crippen LogP contribution in [0.2, 0.25) is 0 Å². The molecule has 0 aliphatic heterocycles. The third-order valence-electron chi connectivity index (χ3n) is 13.2. The first-order valence-corrected chi connectivity index (χ1v) is 27.1. The monoisotopic (exact) mass is 973 g/mol. The molecule has 4 heterocycles. The molecular weight excluding hydrogens is 908 g/mol. The van der Waals surface area contributed by atoms with Crippen molar-refractivity contribution >= 4 is 82.2 Å². The maximum Gasteiger partial charge on any atom is 0.293 e. The van der Waals surface area contributed by atoms with Gasteiger partial charge in [0, 0.05) is 78.0 Å². The average molecular weight is 974 g/mol. The number of aryl methyl sites for hydroxylation is 4. The number of unbranched alkanes of at least 4 members (excludes halogenated alkanes) is 3. The summed E-state index contributed by atoms with van der Waals surface area (Å²) in [6.45, 7) is 4.80. The molecule has 72 heavy (non-hydrogen) atoms. The lowest BCUT2D eigenvalue weighted by atomic mass is 10.1. The summed E-state index contributed by atoms with van der Waals surface area (Å²) in [5, 5.41) is 6.86. The Morgan fingerprint density at radius 2 is 0.875 bits per heavy atom. The number of para-hydroxylation sites is 2. The normalized spacial score (nSPS) is 11.5. The Morgan fingerprint density at radius 1 is 0.458 bits per heavy atom. The summed E-state index contributed by atoms with van der Waals surface area (Å²) in [4.78, 5) is 20.6. The van der Waals surface area contributed by atoms with Crippen LogP contribution in [0.1, 0.15) is 60.8 Å². The molecule has 0 unspecified atom stereocenters. The lowest BCUT2D eigenvalue weighted by Crippen LogP contribution is -2.35. The Morgan fingerprint density at radius 3 is 1.32 bits per heavy atom. The first-order valence-electron chi connectivity index (χ1n) is 25.2. The molecule has 0 atom stereocenters. The Balaban J connectivity index is 0.000000233. The van der Waals surface area contributed by atoms with Crippen molar-refractivity contribution in [2.45, 2.75) is 58.2 Å². The smallest absolute Gasteiger partial charge is 0.293 e. The molecule has 0 fully saturated rings. The van der Waals surface area contributed by atoms with E-state index in [0.717, 1.165) is 64.3 Å². The molecule has 9 aromatic rings. The van der Waals surface area contributed by atoms with E-state index in [2.05, 4.69) is 227 Å². The zero-order chi connectivity index (χ0) is 49.6. The number of aromatic nitrogens is 4. The predicted molar refractivity (Wildman–Crippen MR) is 298 cm³/mol. The highest BCUT2D eigenvalue weighted by Crippen LogP contribution is 2.56. The lowest BCUT2D eigenvalue weighted by molar-refractivity contribution is -0.697. The van der Waals surface area contributed by atoms with E-state index in [1.165, 1.54) is 60.0 Å². The van der Waals surface area contributed by atoms with Crippen LogP contribution in [-0.2, 0) is 45.7 Å². The number of benzene rings is 5. The molecule has 8 nitrogen and oxygen atoms in total. The number of carbonyl (C=O) groups is 2. The van der Waals surface area contributed by atoms with Crippen LogP contribution in [0.4, 0.5) is 0 Å². The van der Waals surface area contributed by atoms with Gasteiger partial charge in [0.2, 0.25) is 0 Å². The molecule has 0 aliphatic rings. The van der Waals surface area contributed by atoms with Gasteiger partial charge in [-0.25, -0.2) is 9.13 Å². The van der Waals surface area contributed by atoms with Crippen molar-refractivity contribution in [2.24, 2.45) is 7.05 Å². The van der Waals surface area contributed by atoms with Gasteiger partial charge in [-0.05, 0) is 103 Å². The number of fused-ring (bicyclic) bond motifs is 2. The molecule has 0 amide bonds. The topological polar surface area (TPSA) is 70.2 Å². The fourth-order valence-electron chi connectivity index (χ4n) is 9.47. The Labute approximate surface area is 425 Å². The molecule has 0 radical (unpaired) electrons. The zero-order valence-corrected chi connectivity index (χ0v) is 42.3. The van der Waals surface area contributed by atoms with Crippen LogP contribution in [0.5, 0.6) is 0 Å². The van der Waals surface area contributed by atoms with Crippen molar-refractivity contribution in [3.8, 4) is 0 Å². The SMILES string of the molecule is C[n+]1ccc(/C=C/c2cn(CCCCOC=O)c3ccccc23)cc1.O=COCCCCn1cc(/C=C/c2cc[n+](CCCC[P+](c3ccccc3)(c3ccccc3)c3ccccc3)cc2)c2ccccc21. The predicted octanol–water partition coefficient (Wildman–Crippen LogP) is 11.4. The van der Waals surface area contributed by atoms with Gasteiger partial charge in [-0.1, -0.05) is 115 Å². The van der Waals surface area contributed by atoms with Crippen molar-refractivity contribution in [1.82, 2.24) is 9.13 Å². The van der Waals surface area contributed by atoms with Crippen LogP contribution < -0.4 is 25.0 Å². The quantitative estimate of drug-likeness (QED) is 0.0262. The van der Waals surface area contributed by atoms with E-state index in [0.29, 0.717) is 26.2 Å². The summed E-state index contributed by atoms with van der Waals surface area (Å²) in [6.07, 6.45) is 28.7. The molecule has 9 heteroatoms. The molecule has 364 valence electrons. The highest BCUT2D eigenvalue weighted by molar-refractivity contribution is 7.95. The number of rotatable bonds is 24. The summed E-state index contributed by atoms with van der Waals surface area (Å²) in [5.41, 5.74) is 7.26. The van der Waals surface area contributed by atoms with E-state index in [9.17, 15) is 9.59 Å². The number of ether oxygens (including phenoxy) is 2. The van der Waals surface area contributed by atoms with Crippen LogP contribution >= 0.6 is 7.26 Å². The van der Waals surface area contributed by atoms with Crippen LogP contribution in [0.25, 0.3) is 46.1 Å². The Hall–Kier alpha value is -7.67. The minimum Gasteiger partial charge on any atom is -0.468 e. The van der Waals surface area contributed by atoms with Crippen LogP contribution in [0.15, 0.2) is 201 Å². The molecule has 4 aromatic heterocycles. The van der Waals surface area contributed by atoms with Gasteiger partial charge in [0.15, 0.2) is 24.8 Å². The van der Waals surface area contributed by atoms with Gasteiger partial charge in [-0.15, -0.1) is 0 Å².